The van der Waals surface area contributed by atoms with Gasteiger partial charge in [0.05, 0.1) is 5.97 Å². The Morgan fingerprint density at radius 1 is 1.44 bits per heavy atom. The molecule has 1 heterocycles. The maximum atomic E-state index is 10.3. The van der Waals surface area contributed by atoms with E-state index in [1.807, 2.05) is 37.3 Å². The van der Waals surface area contributed by atoms with Crippen molar-refractivity contribution in [1.29, 1.82) is 0 Å². The highest BCUT2D eigenvalue weighted by molar-refractivity contribution is 5.79. The number of rotatable bonds is 2. The van der Waals surface area contributed by atoms with Crippen LogP contribution in [0, 0.1) is 0 Å². The molecule has 0 radical (unpaired) electrons. The number of carboxylic acid groups (broad SMARTS) is 1. The number of fused-ring (bicyclic) bond motifs is 1. The van der Waals surface area contributed by atoms with Gasteiger partial charge in [-0.25, -0.2) is 0 Å². The maximum absolute atomic E-state index is 10.3. The molecule has 0 amide bonds. The molecule has 0 fully saturated rings. The number of carboxylic acids is 1. The predicted molar refractivity (Wildman–Crippen MR) is 58.7 cm³/mol. The number of ether oxygens (including phenoxy) is 1. The van der Waals surface area contributed by atoms with Crippen LogP contribution in [0.1, 0.15) is 12.5 Å². The Balaban J connectivity index is 2.34. The lowest BCUT2D eigenvalue weighted by molar-refractivity contribution is -0.297. The molecule has 1 aromatic carbocycles. The first-order valence-corrected chi connectivity index (χ1v) is 5.03. The van der Waals surface area contributed by atoms with Crippen LogP contribution in [0.25, 0.3) is 6.08 Å². The number of hydrogen-bond acceptors (Lipinski definition) is 3. The van der Waals surface area contributed by atoms with E-state index in [1.165, 1.54) is 6.08 Å². The second-order valence-electron chi connectivity index (χ2n) is 3.59. The first-order chi connectivity index (χ1) is 7.66. The fourth-order valence-electron chi connectivity index (χ4n) is 1.61. The normalized spacial score (nSPS) is 18.8. The summed E-state index contributed by atoms with van der Waals surface area (Å²) in [5.41, 5.74) is 1.78. The summed E-state index contributed by atoms with van der Waals surface area (Å²) in [4.78, 5) is 10.3. The van der Waals surface area contributed by atoms with E-state index in [9.17, 15) is 9.90 Å². The summed E-state index contributed by atoms with van der Waals surface area (Å²) in [6.45, 7) is 1.88. The summed E-state index contributed by atoms with van der Waals surface area (Å²) in [5, 5.41) is 10.3. The van der Waals surface area contributed by atoms with Gasteiger partial charge in [-0.15, -0.1) is 0 Å². The summed E-state index contributed by atoms with van der Waals surface area (Å²) >= 11 is 0. The average molecular weight is 215 g/mol. The van der Waals surface area contributed by atoms with Gasteiger partial charge >= 0.3 is 0 Å². The van der Waals surface area contributed by atoms with Crippen LogP contribution in [0.4, 0.5) is 0 Å². The third-order valence-corrected chi connectivity index (χ3v) is 2.43. The SMILES string of the molecule is C[C@@H]1Oc2ccccc2C=C1/C=C/C(=O)[O-]. The molecule has 1 aliphatic heterocycles. The Labute approximate surface area is 93.7 Å². The van der Waals surface area contributed by atoms with Gasteiger partial charge in [0.15, 0.2) is 0 Å². The highest BCUT2D eigenvalue weighted by atomic mass is 16.5. The van der Waals surface area contributed by atoms with Crippen molar-refractivity contribution in [3.63, 3.8) is 0 Å². The predicted octanol–water partition coefficient (Wildman–Crippen LogP) is 1.16. The zero-order chi connectivity index (χ0) is 11.5. The number of aliphatic carboxylic acids is 1. The van der Waals surface area contributed by atoms with Crippen LogP contribution < -0.4 is 9.84 Å². The van der Waals surface area contributed by atoms with Crippen LogP contribution in [-0.4, -0.2) is 12.1 Å². The molecular weight excluding hydrogens is 204 g/mol. The van der Waals surface area contributed by atoms with Gasteiger partial charge in [-0.05, 0) is 30.7 Å². The molecule has 0 bridgehead atoms. The Hall–Kier alpha value is -2.03. The van der Waals surface area contributed by atoms with E-state index in [0.717, 1.165) is 23.0 Å². The van der Waals surface area contributed by atoms with Gasteiger partial charge in [-0.3, -0.25) is 0 Å². The van der Waals surface area contributed by atoms with Crippen molar-refractivity contribution in [2.24, 2.45) is 0 Å². The van der Waals surface area contributed by atoms with E-state index in [4.69, 9.17) is 4.74 Å². The van der Waals surface area contributed by atoms with Crippen molar-refractivity contribution in [2.45, 2.75) is 13.0 Å². The molecule has 0 N–H and O–H groups in total. The van der Waals surface area contributed by atoms with Crippen molar-refractivity contribution in [3.8, 4) is 5.75 Å². The monoisotopic (exact) mass is 215 g/mol. The van der Waals surface area contributed by atoms with Crippen LogP contribution in [0.5, 0.6) is 5.75 Å². The standard InChI is InChI=1S/C13H12O3/c1-9-10(6-7-13(14)15)8-11-4-2-3-5-12(11)16-9/h2-9H,1H3,(H,14,15)/p-1/b7-6+/t9-/m0/s1. The minimum atomic E-state index is -1.20. The molecule has 82 valence electrons. The quantitative estimate of drug-likeness (QED) is 0.695. The first-order valence-electron chi connectivity index (χ1n) is 5.03. The topological polar surface area (TPSA) is 49.4 Å². The fourth-order valence-corrected chi connectivity index (χ4v) is 1.61. The summed E-state index contributed by atoms with van der Waals surface area (Å²) in [7, 11) is 0. The van der Waals surface area contributed by atoms with Crippen LogP contribution in [0.3, 0.4) is 0 Å². The zero-order valence-corrected chi connectivity index (χ0v) is 8.84. The van der Waals surface area contributed by atoms with Gasteiger partial charge in [0.1, 0.15) is 11.9 Å². The molecule has 1 aromatic rings. The molecule has 0 saturated heterocycles. The van der Waals surface area contributed by atoms with Gasteiger partial charge in [-0.1, -0.05) is 24.3 Å². The molecule has 16 heavy (non-hydrogen) atoms. The summed E-state index contributed by atoms with van der Waals surface area (Å²) in [5.74, 6) is -0.382. The van der Waals surface area contributed by atoms with Crippen LogP contribution in [0.15, 0.2) is 42.0 Å². The molecule has 0 unspecified atom stereocenters. The van der Waals surface area contributed by atoms with Gasteiger partial charge in [-0.2, -0.15) is 0 Å². The lowest BCUT2D eigenvalue weighted by Crippen LogP contribution is -2.21. The molecule has 0 aliphatic carbocycles. The Bertz CT molecular complexity index is 472. The van der Waals surface area contributed by atoms with Crippen molar-refractivity contribution >= 4 is 12.0 Å². The van der Waals surface area contributed by atoms with Crippen LogP contribution >= 0.6 is 0 Å². The summed E-state index contributed by atoms with van der Waals surface area (Å²) in [6, 6.07) is 7.63. The molecule has 2 rings (SSSR count). The largest absolute Gasteiger partial charge is 0.545 e. The minimum Gasteiger partial charge on any atom is -0.545 e. The molecule has 0 aromatic heterocycles. The molecule has 0 spiro atoms. The highest BCUT2D eigenvalue weighted by Crippen LogP contribution is 2.29. The minimum absolute atomic E-state index is 0.148. The molecule has 0 saturated carbocycles. The van der Waals surface area contributed by atoms with E-state index < -0.39 is 5.97 Å². The first kappa shape index (κ1) is 10.5. The van der Waals surface area contributed by atoms with E-state index in [2.05, 4.69) is 0 Å². The molecule has 1 aliphatic rings. The van der Waals surface area contributed by atoms with Crippen LogP contribution in [0.2, 0.25) is 0 Å². The van der Waals surface area contributed by atoms with Crippen molar-refractivity contribution in [2.75, 3.05) is 0 Å². The number of para-hydroxylation sites is 1. The van der Waals surface area contributed by atoms with E-state index in [0.29, 0.717) is 0 Å². The summed E-state index contributed by atoms with van der Waals surface area (Å²) < 4.78 is 5.64. The second kappa shape index (κ2) is 4.23. The molecule has 1 atom stereocenters. The lowest BCUT2D eigenvalue weighted by Gasteiger charge is -2.22. The highest BCUT2D eigenvalue weighted by Gasteiger charge is 2.15. The maximum Gasteiger partial charge on any atom is 0.127 e. The van der Waals surface area contributed by atoms with E-state index >= 15 is 0 Å². The Kier molecular flexibility index (Phi) is 2.77. The lowest BCUT2D eigenvalue weighted by atomic mass is 10.0. The third kappa shape index (κ3) is 2.14. The van der Waals surface area contributed by atoms with Gasteiger partial charge < -0.3 is 14.6 Å². The van der Waals surface area contributed by atoms with E-state index in [1.54, 1.807) is 0 Å². The van der Waals surface area contributed by atoms with E-state index in [-0.39, 0.29) is 6.10 Å². The fraction of sp³-hybridized carbons (Fsp3) is 0.154. The average Bonchev–Trinajstić information content (AvgIpc) is 2.26. The smallest absolute Gasteiger partial charge is 0.127 e. The number of carbonyl (C=O) groups is 1. The Morgan fingerprint density at radius 2 is 2.19 bits per heavy atom. The Morgan fingerprint density at radius 3 is 2.94 bits per heavy atom. The molecular formula is C13H11O3-. The number of carbonyl (C=O) groups excluding carboxylic acids is 1. The summed E-state index contributed by atoms with van der Waals surface area (Å²) in [6.07, 6.45) is 4.30. The number of benzene rings is 1. The molecule has 3 nitrogen and oxygen atoms in total. The molecule has 3 heteroatoms. The zero-order valence-electron chi connectivity index (χ0n) is 8.84. The van der Waals surface area contributed by atoms with Crippen LogP contribution in [-0.2, 0) is 4.79 Å². The van der Waals surface area contributed by atoms with Gasteiger partial charge in [0.2, 0.25) is 0 Å². The van der Waals surface area contributed by atoms with Gasteiger partial charge in [0.25, 0.3) is 0 Å². The van der Waals surface area contributed by atoms with Crippen molar-refractivity contribution in [3.05, 3.63) is 47.6 Å². The second-order valence-corrected chi connectivity index (χ2v) is 3.59. The van der Waals surface area contributed by atoms with Gasteiger partial charge in [0, 0.05) is 5.56 Å². The third-order valence-electron chi connectivity index (χ3n) is 2.43. The van der Waals surface area contributed by atoms with Crippen molar-refractivity contribution < 1.29 is 14.6 Å². The number of hydrogen-bond donors (Lipinski definition) is 0. The van der Waals surface area contributed by atoms with Crippen molar-refractivity contribution in [1.82, 2.24) is 0 Å².